The van der Waals surface area contributed by atoms with E-state index in [2.05, 4.69) is 20.4 Å². The molecule has 0 unspecified atom stereocenters. The summed E-state index contributed by atoms with van der Waals surface area (Å²) in [4.78, 5) is 9.14. The van der Waals surface area contributed by atoms with Gasteiger partial charge in [-0.1, -0.05) is 11.2 Å². The number of nitrogens with zero attached hydrogens (tertiary/aromatic N) is 3. The Morgan fingerprint density at radius 1 is 1.19 bits per heavy atom. The van der Waals surface area contributed by atoms with Crippen molar-refractivity contribution in [2.45, 2.75) is 26.3 Å². The average molecular weight is 387 g/mol. The normalized spacial score (nSPS) is 14.6. The standard InChI is InChI=1S/C19H18N4O3.ClH/c1-11-18(14-4-5-20-8-13(14)9-21-11)19-22-17(26-23-19)7-12-2-3-15-16(6-12)25-10-24-15;/h2-3,6,9,20H,4-5,7-8,10H2,1H3;1H. The Kier molecular flexibility index (Phi) is 4.72. The second kappa shape index (κ2) is 7.17. The Labute approximate surface area is 162 Å². The molecule has 140 valence electrons. The molecule has 0 aliphatic carbocycles. The predicted octanol–water partition coefficient (Wildman–Crippen LogP) is 2.83. The van der Waals surface area contributed by atoms with E-state index in [1.54, 1.807) is 0 Å². The Hall–Kier alpha value is -2.64. The highest BCUT2D eigenvalue weighted by atomic mass is 35.5. The molecule has 8 heteroatoms. The van der Waals surface area contributed by atoms with Gasteiger partial charge in [-0.25, -0.2) is 0 Å². The molecule has 3 aromatic rings. The van der Waals surface area contributed by atoms with Crippen LogP contribution in [0.1, 0.15) is 28.3 Å². The van der Waals surface area contributed by atoms with Gasteiger partial charge in [-0.15, -0.1) is 12.4 Å². The lowest BCUT2D eigenvalue weighted by molar-refractivity contribution is 0.174. The van der Waals surface area contributed by atoms with Gasteiger partial charge < -0.3 is 19.3 Å². The molecule has 0 radical (unpaired) electrons. The van der Waals surface area contributed by atoms with Crippen molar-refractivity contribution >= 4 is 12.4 Å². The number of benzene rings is 1. The van der Waals surface area contributed by atoms with E-state index >= 15 is 0 Å². The molecule has 0 atom stereocenters. The zero-order valence-electron chi connectivity index (χ0n) is 14.8. The Balaban J connectivity index is 0.00000180. The number of halogens is 1. The molecule has 1 N–H and O–H groups in total. The van der Waals surface area contributed by atoms with Gasteiger partial charge in [0, 0.05) is 24.0 Å². The van der Waals surface area contributed by atoms with Gasteiger partial charge in [-0.2, -0.15) is 4.98 Å². The summed E-state index contributed by atoms with van der Waals surface area (Å²) < 4.78 is 16.3. The van der Waals surface area contributed by atoms with Crippen LogP contribution in [0.5, 0.6) is 11.5 Å². The lowest BCUT2D eigenvalue weighted by Crippen LogP contribution is -2.24. The first-order valence-electron chi connectivity index (χ1n) is 8.67. The lowest BCUT2D eigenvalue weighted by atomic mass is 9.95. The molecule has 2 aromatic heterocycles. The number of rotatable bonds is 3. The predicted molar refractivity (Wildman–Crippen MR) is 100 cm³/mol. The Morgan fingerprint density at radius 3 is 3.00 bits per heavy atom. The molecule has 5 rings (SSSR count). The molecule has 7 nitrogen and oxygen atoms in total. The van der Waals surface area contributed by atoms with Crippen LogP contribution >= 0.6 is 12.4 Å². The summed E-state index contributed by atoms with van der Waals surface area (Å²) in [5, 5.41) is 7.59. The second-order valence-electron chi connectivity index (χ2n) is 6.53. The zero-order valence-corrected chi connectivity index (χ0v) is 15.6. The number of nitrogens with one attached hydrogen (secondary N) is 1. The molecule has 4 heterocycles. The summed E-state index contributed by atoms with van der Waals surface area (Å²) in [7, 11) is 0. The smallest absolute Gasteiger partial charge is 0.231 e. The third kappa shape index (κ3) is 3.24. The van der Waals surface area contributed by atoms with Crippen LogP contribution in [0, 0.1) is 6.92 Å². The Morgan fingerprint density at radius 2 is 2.07 bits per heavy atom. The van der Waals surface area contributed by atoms with Crippen molar-refractivity contribution in [3.05, 3.63) is 52.7 Å². The van der Waals surface area contributed by atoms with Crippen molar-refractivity contribution in [3.63, 3.8) is 0 Å². The largest absolute Gasteiger partial charge is 0.454 e. The van der Waals surface area contributed by atoms with Gasteiger partial charge in [0.05, 0.1) is 6.42 Å². The number of aryl methyl sites for hydroxylation is 1. The number of hydrogen-bond acceptors (Lipinski definition) is 7. The molecule has 0 bridgehead atoms. The van der Waals surface area contributed by atoms with E-state index in [4.69, 9.17) is 14.0 Å². The minimum atomic E-state index is 0. The topological polar surface area (TPSA) is 82.3 Å². The van der Waals surface area contributed by atoms with E-state index in [9.17, 15) is 0 Å². The van der Waals surface area contributed by atoms with Gasteiger partial charge in [0.1, 0.15) is 0 Å². The van der Waals surface area contributed by atoms with Crippen LogP contribution in [0.2, 0.25) is 0 Å². The van der Waals surface area contributed by atoms with Crippen LogP contribution in [0.15, 0.2) is 28.9 Å². The molecule has 0 fully saturated rings. The molecule has 0 saturated carbocycles. The van der Waals surface area contributed by atoms with Crippen LogP contribution in [0.4, 0.5) is 0 Å². The van der Waals surface area contributed by atoms with E-state index in [1.165, 1.54) is 11.1 Å². The quantitative estimate of drug-likeness (QED) is 0.741. The SMILES string of the molecule is Cc1ncc2c(c1-c1noc(Cc3ccc4c(c3)OCO4)n1)CCNC2.Cl. The van der Waals surface area contributed by atoms with E-state index in [0.717, 1.165) is 47.8 Å². The van der Waals surface area contributed by atoms with E-state index in [-0.39, 0.29) is 19.2 Å². The minimum Gasteiger partial charge on any atom is -0.454 e. The second-order valence-corrected chi connectivity index (χ2v) is 6.53. The summed E-state index contributed by atoms with van der Waals surface area (Å²) in [6.07, 6.45) is 3.43. The summed E-state index contributed by atoms with van der Waals surface area (Å²) in [5.74, 6) is 2.72. The maximum Gasteiger partial charge on any atom is 0.231 e. The van der Waals surface area contributed by atoms with Gasteiger partial charge in [-0.05, 0) is 48.7 Å². The molecule has 0 spiro atoms. The number of fused-ring (bicyclic) bond motifs is 2. The van der Waals surface area contributed by atoms with Crippen LogP contribution in [0.3, 0.4) is 0 Å². The first-order valence-corrected chi connectivity index (χ1v) is 8.67. The van der Waals surface area contributed by atoms with Crippen molar-refractivity contribution in [2.75, 3.05) is 13.3 Å². The molecule has 27 heavy (non-hydrogen) atoms. The van der Waals surface area contributed by atoms with Gasteiger partial charge in [0.2, 0.25) is 18.5 Å². The fourth-order valence-electron chi connectivity index (χ4n) is 3.52. The maximum atomic E-state index is 5.51. The molecule has 1 aromatic carbocycles. The van der Waals surface area contributed by atoms with Crippen LogP contribution in [-0.4, -0.2) is 28.5 Å². The van der Waals surface area contributed by atoms with Crippen LogP contribution < -0.4 is 14.8 Å². The van der Waals surface area contributed by atoms with Crippen molar-refractivity contribution in [1.82, 2.24) is 20.4 Å². The third-order valence-electron chi connectivity index (χ3n) is 4.82. The average Bonchev–Trinajstić information content (AvgIpc) is 3.30. The number of ether oxygens (including phenoxy) is 2. The fraction of sp³-hybridized carbons (Fsp3) is 0.316. The molecule has 2 aliphatic heterocycles. The van der Waals surface area contributed by atoms with E-state index < -0.39 is 0 Å². The molecule has 0 saturated heterocycles. The summed E-state index contributed by atoms with van der Waals surface area (Å²) in [5.41, 5.74) is 5.45. The number of aromatic nitrogens is 3. The highest BCUT2D eigenvalue weighted by Crippen LogP contribution is 2.33. The summed E-state index contributed by atoms with van der Waals surface area (Å²) in [6.45, 7) is 4.04. The highest BCUT2D eigenvalue weighted by molar-refractivity contribution is 5.85. The zero-order chi connectivity index (χ0) is 17.5. The molecule has 2 aliphatic rings. The molecular formula is C19H19ClN4O3. The minimum absolute atomic E-state index is 0. The van der Waals surface area contributed by atoms with Gasteiger partial charge >= 0.3 is 0 Å². The fourth-order valence-corrected chi connectivity index (χ4v) is 3.52. The molecule has 0 amide bonds. The van der Waals surface area contributed by atoms with E-state index in [0.29, 0.717) is 18.1 Å². The van der Waals surface area contributed by atoms with Gasteiger partial charge in [-0.3, -0.25) is 4.98 Å². The lowest BCUT2D eigenvalue weighted by Gasteiger charge is -2.19. The number of hydrogen-bond donors (Lipinski definition) is 1. The number of pyridine rings is 1. The van der Waals surface area contributed by atoms with E-state index in [1.807, 2.05) is 31.3 Å². The van der Waals surface area contributed by atoms with Gasteiger partial charge in [0.15, 0.2) is 11.5 Å². The summed E-state index contributed by atoms with van der Waals surface area (Å²) >= 11 is 0. The summed E-state index contributed by atoms with van der Waals surface area (Å²) in [6, 6.07) is 5.85. The Bertz CT molecular complexity index is 989. The first-order chi connectivity index (χ1) is 12.8. The van der Waals surface area contributed by atoms with Crippen molar-refractivity contribution in [2.24, 2.45) is 0 Å². The monoisotopic (exact) mass is 386 g/mol. The van der Waals surface area contributed by atoms with Crippen LogP contribution in [0.25, 0.3) is 11.4 Å². The van der Waals surface area contributed by atoms with Crippen molar-refractivity contribution < 1.29 is 14.0 Å². The maximum absolute atomic E-state index is 5.51. The van der Waals surface area contributed by atoms with Crippen LogP contribution in [-0.2, 0) is 19.4 Å². The highest BCUT2D eigenvalue weighted by Gasteiger charge is 2.21. The molecular weight excluding hydrogens is 368 g/mol. The van der Waals surface area contributed by atoms with Crippen molar-refractivity contribution in [3.8, 4) is 22.9 Å². The third-order valence-corrected chi connectivity index (χ3v) is 4.82. The first kappa shape index (κ1) is 17.8. The van der Waals surface area contributed by atoms with Gasteiger partial charge in [0.25, 0.3) is 0 Å². The van der Waals surface area contributed by atoms with Crippen molar-refractivity contribution in [1.29, 1.82) is 0 Å².